The summed E-state index contributed by atoms with van der Waals surface area (Å²) in [5, 5.41) is 24.0. The Labute approximate surface area is 198 Å². The lowest BCUT2D eigenvalue weighted by Crippen LogP contribution is -2.36. The molecule has 160 valence electrons. The number of rotatable bonds is 6. The van der Waals surface area contributed by atoms with Gasteiger partial charge in [0, 0.05) is 27.8 Å². The third-order valence-electron chi connectivity index (χ3n) is 4.84. The van der Waals surface area contributed by atoms with E-state index in [1.807, 2.05) is 55.6 Å². The molecule has 0 saturated carbocycles. The average Bonchev–Trinajstić information content (AvgIpc) is 3.44. The molecule has 32 heavy (non-hydrogen) atoms. The summed E-state index contributed by atoms with van der Waals surface area (Å²) in [6.45, 7) is 2.39. The quantitative estimate of drug-likeness (QED) is 0.380. The lowest BCUT2D eigenvalue weighted by atomic mass is 10.1. The fraction of sp³-hybridized carbons (Fsp3) is 0.130. The van der Waals surface area contributed by atoms with Crippen LogP contribution in [0, 0.1) is 11.3 Å². The Morgan fingerprint density at radius 2 is 2.06 bits per heavy atom. The van der Waals surface area contributed by atoms with Crippen LogP contribution in [0.15, 0.2) is 65.3 Å². The van der Waals surface area contributed by atoms with E-state index in [4.69, 9.17) is 16.9 Å². The Bertz CT molecular complexity index is 1320. The van der Waals surface area contributed by atoms with E-state index in [-0.39, 0.29) is 11.9 Å². The Balaban J connectivity index is 1.40. The van der Waals surface area contributed by atoms with E-state index in [0.29, 0.717) is 28.5 Å². The molecule has 0 bridgehead atoms. The zero-order chi connectivity index (χ0) is 22.7. The van der Waals surface area contributed by atoms with Gasteiger partial charge in [-0.05, 0) is 37.3 Å². The van der Waals surface area contributed by atoms with Gasteiger partial charge in [0.15, 0.2) is 0 Å². The minimum Gasteiger partial charge on any atom is -0.346 e. The molecule has 0 aliphatic carbocycles. The van der Waals surface area contributed by atoms with Crippen LogP contribution in [0.4, 0.5) is 0 Å². The number of nitriles is 1. The first-order valence-electron chi connectivity index (χ1n) is 9.79. The van der Waals surface area contributed by atoms with E-state index in [2.05, 4.69) is 36.5 Å². The van der Waals surface area contributed by atoms with Crippen molar-refractivity contribution in [3.63, 3.8) is 0 Å². The standard InChI is InChI=1S/C23H18BrClN6O/c1-14(13-31-9-8-20(30-31)15-6-7-16(12-26)19(25)10-15)27-23(32)22-11-21(28-29-22)17-4-2-3-5-18(17)24/h2-11,14H,13H2,1H3,(H,27,32)(H,28,29)/t14-/m0/s1. The van der Waals surface area contributed by atoms with E-state index in [1.54, 1.807) is 22.9 Å². The lowest BCUT2D eigenvalue weighted by molar-refractivity contribution is 0.0931. The Hall–Kier alpha value is -3.41. The predicted molar refractivity (Wildman–Crippen MR) is 126 cm³/mol. The number of aromatic nitrogens is 4. The van der Waals surface area contributed by atoms with Gasteiger partial charge in [-0.25, -0.2) is 0 Å². The van der Waals surface area contributed by atoms with E-state index in [1.165, 1.54) is 0 Å². The summed E-state index contributed by atoms with van der Waals surface area (Å²) in [5.74, 6) is -0.241. The molecule has 0 aliphatic rings. The molecule has 1 atom stereocenters. The molecule has 2 aromatic carbocycles. The van der Waals surface area contributed by atoms with E-state index >= 15 is 0 Å². The molecular formula is C23H18BrClN6O. The normalized spacial score (nSPS) is 11.7. The molecular weight excluding hydrogens is 492 g/mol. The Kier molecular flexibility index (Phi) is 6.40. The number of halogens is 2. The number of hydrogen-bond acceptors (Lipinski definition) is 4. The van der Waals surface area contributed by atoms with Crippen molar-refractivity contribution in [2.24, 2.45) is 0 Å². The summed E-state index contributed by atoms with van der Waals surface area (Å²) in [4.78, 5) is 12.6. The van der Waals surface area contributed by atoms with E-state index in [0.717, 1.165) is 21.3 Å². The van der Waals surface area contributed by atoms with Crippen LogP contribution in [0.1, 0.15) is 23.0 Å². The molecule has 2 heterocycles. The minimum absolute atomic E-state index is 0.171. The lowest BCUT2D eigenvalue weighted by Gasteiger charge is -2.13. The highest BCUT2D eigenvalue weighted by Crippen LogP contribution is 2.27. The van der Waals surface area contributed by atoms with Crippen molar-refractivity contribution in [2.45, 2.75) is 19.5 Å². The third kappa shape index (κ3) is 4.74. The maximum absolute atomic E-state index is 12.6. The highest BCUT2D eigenvalue weighted by atomic mass is 79.9. The number of carbonyl (C=O) groups is 1. The van der Waals surface area contributed by atoms with Gasteiger partial charge in [-0.3, -0.25) is 14.6 Å². The molecule has 0 fully saturated rings. The fourth-order valence-electron chi connectivity index (χ4n) is 3.26. The molecule has 0 spiro atoms. The molecule has 7 nitrogen and oxygen atoms in total. The van der Waals surface area contributed by atoms with Crippen molar-refractivity contribution >= 4 is 33.4 Å². The number of aromatic amines is 1. The van der Waals surface area contributed by atoms with Crippen LogP contribution in [0.2, 0.25) is 5.02 Å². The number of carbonyl (C=O) groups excluding carboxylic acids is 1. The number of H-pyrrole nitrogens is 1. The van der Waals surface area contributed by atoms with Gasteiger partial charge in [-0.1, -0.05) is 51.8 Å². The van der Waals surface area contributed by atoms with Crippen LogP contribution in [-0.4, -0.2) is 31.9 Å². The Morgan fingerprint density at radius 1 is 1.25 bits per heavy atom. The highest BCUT2D eigenvalue weighted by molar-refractivity contribution is 9.10. The van der Waals surface area contributed by atoms with Gasteiger partial charge in [-0.2, -0.15) is 15.5 Å². The van der Waals surface area contributed by atoms with Crippen molar-refractivity contribution in [3.05, 3.63) is 81.5 Å². The second-order valence-corrected chi connectivity index (χ2v) is 8.51. The summed E-state index contributed by atoms with van der Waals surface area (Å²) >= 11 is 9.62. The highest BCUT2D eigenvalue weighted by Gasteiger charge is 2.15. The summed E-state index contributed by atoms with van der Waals surface area (Å²) in [6.07, 6.45) is 1.84. The number of amides is 1. The SMILES string of the molecule is C[C@@H](Cn1ccc(-c2ccc(C#N)c(Cl)c2)n1)NC(=O)c1cc(-c2ccccc2Br)n[nH]1. The second kappa shape index (κ2) is 9.39. The van der Waals surface area contributed by atoms with Gasteiger partial charge in [0.25, 0.3) is 5.91 Å². The van der Waals surface area contributed by atoms with Gasteiger partial charge in [-0.15, -0.1) is 0 Å². The average molecular weight is 510 g/mol. The van der Waals surface area contributed by atoms with Gasteiger partial charge >= 0.3 is 0 Å². The van der Waals surface area contributed by atoms with Crippen molar-refractivity contribution in [1.82, 2.24) is 25.3 Å². The molecule has 1 amide bonds. The minimum atomic E-state index is -0.241. The first-order chi connectivity index (χ1) is 15.4. The van der Waals surface area contributed by atoms with E-state index in [9.17, 15) is 4.79 Å². The first-order valence-corrected chi connectivity index (χ1v) is 11.0. The number of nitrogens with one attached hydrogen (secondary N) is 2. The monoisotopic (exact) mass is 508 g/mol. The van der Waals surface area contributed by atoms with Gasteiger partial charge in [0.2, 0.25) is 0 Å². The summed E-state index contributed by atoms with van der Waals surface area (Å²) in [6, 6.07) is 18.4. The molecule has 0 aliphatic heterocycles. The molecule has 0 unspecified atom stereocenters. The van der Waals surface area contributed by atoms with E-state index < -0.39 is 0 Å². The summed E-state index contributed by atoms with van der Waals surface area (Å²) in [7, 11) is 0. The van der Waals surface area contributed by atoms with Crippen LogP contribution < -0.4 is 5.32 Å². The van der Waals surface area contributed by atoms with Crippen LogP contribution in [0.5, 0.6) is 0 Å². The van der Waals surface area contributed by atoms with Gasteiger partial charge < -0.3 is 5.32 Å². The number of benzene rings is 2. The summed E-state index contributed by atoms with van der Waals surface area (Å²) < 4.78 is 2.66. The predicted octanol–water partition coefficient (Wildman–Crippen LogP) is 5.05. The molecule has 2 N–H and O–H groups in total. The number of hydrogen-bond donors (Lipinski definition) is 2. The second-order valence-electron chi connectivity index (χ2n) is 7.25. The summed E-state index contributed by atoms with van der Waals surface area (Å²) in [5.41, 5.74) is 3.96. The van der Waals surface area contributed by atoms with Crippen LogP contribution in [-0.2, 0) is 6.54 Å². The maximum Gasteiger partial charge on any atom is 0.269 e. The molecule has 0 saturated heterocycles. The van der Waals surface area contributed by atoms with Crippen LogP contribution in [0.3, 0.4) is 0 Å². The zero-order valence-electron chi connectivity index (χ0n) is 17.0. The maximum atomic E-state index is 12.6. The molecule has 2 aromatic heterocycles. The topological polar surface area (TPSA) is 99.4 Å². The van der Waals surface area contributed by atoms with Crippen molar-refractivity contribution < 1.29 is 4.79 Å². The largest absolute Gasteiger partial charge is 0.346 e. The van der Waals surface area contributed by atoms with Gasteiger partial charge in [0.05, 0.1) is 28.5 Å². The Morgan fingerprint density at radius 3 is 2.81 bits per heavy atom. The fourth-order valence-corrected chi connectivity index (χ4v) is 3.97. The first kappa shape index (κ1) is 21.8. The molecule has 4 rings (SSSR count). The zero-order valence-corrected chi connectivity index (χ0v) is 19.4. The molecule has 9 heteroatoms. The molecule has 0 radical (unpaired) electrons. The number of nitrogens with zero attached hydrogens (tertiary/aromatic N) is 4. The van der Waals surface area contributed by atoms with Crippen LogP contribution >= 0.6 is 27.5 Å². The smallest absolute Gasteiger partial charge is 0.269 e. The molecule has 4 aromatic rings. The van der Waals surface area contributed by atoms with Crippen molar-refractivity contribution in [3.8, 4) is 28.6 Å². The van der Waals surface area contributed by atoms with Crippen molar-refractivity contribution in [2.75, 3.05) is 0 Å². The van der Waals surface area contributed by atoms with Gasteiger partial charge in [0.1, 0.15) is 11.8 Å². The van der Waals surface area contributed by atoms with Crippen molar-refractivity contribution in [1.29, 1.82) is 5.26 Å². The third-order valence-corrected chi connectivity index (χ3v) is 5.84. The van der Waals surface area contributed by atoms with Crippen LogP contribution in [0.25, 0.3) is 22.5 Å².